The molecule has 168 valence electrons. The first-order valence-electron chi connectivity index (χ1n) is 10.2. The number of para-hydroxylation sites is 1. The fourth-order valence-electron chi connectivity index (χ4n) is 3.12. The van der Waals surface area contributed by atoms with Crippen LogP contribution in [-0.2, 0) is 16.1 Å². The third-order valence-corrected chi connectivity index (χ3v) is 5.88. The third kappa shape index (κ3) is 4.86. The van der Waals surface area contributed by atoms with E-state index in [0.29, 0.717) is 32.9 Å². The van der Waals surface area contributed by atoms with E-state index in [-0.39, 0.29) is 30.2 Å². The first-order valence-corrected chi connectivity index (χ1v) is 11.0. The summed E-state index contributed by atoms with van der Waals surface area (Å²) < 4.78 is 6.27. The van der Waals surface area contributed by atoms with E-state index in [1.807, 2.05) is 6.92 Å². The molecule has 0 atom stereocenters. The number of rotatable bonds is 8. The minimum Gasteiger partial charge on any atom is -0.462 e. The van der Waals surface area contributed by atoms with Gasteiger partial charge in [0.1, 0.15) is 11.4 Å². The van der Waals surface area contributed by atoms with E-state index < -0.39 is 11.9 Å². The van der Waals surface area contributed by atoms with Crippen LogP contribution in [0.15, 0.2) is 35.4 Å². The van der Waals surface area contributed by atoms with Gasteiger partial charge in [-0.15, -0.1) is 11.3 Å². The Labute approximate surface area is 188 Å². The monoisotopic (exact) mass is 456 g/mol. The highest BCUT2D eigenvalue weighted by Crippen LogP contribution is 2.28. The number of amides is 2. The van der Waals surface area contributed by atoms with Gasteiger partial charge in [0.15, 0.2) is 0 Å². The number of hydrogen-bond acceptors (Lipinski definition) is 7. The summed E-state index contributed by atoms with van der Waals surface area (Å²) in [5.41, 5.74) is 0.629. The molecule has 0 aliphatic heterocycles. The van der Waals surface area contributed by atoms with Crippen LogP contribution in [0.1, 0.15) is 45.9 Å². The topological polar surface area (TPSA) is 119 Å². The predicted molar refractivity (Wildman–Crippen MR) is 122 cm³/mol. The van der Waals surface area contributed by atoms with Crippen LogP contribution in [0.25, 0.3) is 10.2 Å². The van der Waals surface area contributed by atoms with Gasteiger partial charge in [-0.2, -0.15) is 0 Å². The Morgan fingerprint density at radius 1 is 1.19 bits per heavy atom. The molecule has 2 heterocycles. The van der Waals surface area contributed by atoms with Crippen molar-refractivity contribution in [2.24, 2.45) is 0 Å². The normalized spacial score (nSPS) is 10.7. The fourth-order valence-corrected chi connectivity index (χ4v) is 4.16. The zero-order valence-corrected chi connectivity index (χ0v) is 18.9. The number of thiophene rings is 1. The number of carbonyl (C=O) groups excluding carboxylic acids is 3. The summed E-state index contributed by atoms with van der Waals surface area (Å²) in [5.74, 6) is -1.28. The zero-order valence-electron chi connectivity index (χ0n) is 18.1. The van der Waals surface area contributed by atoms with Gasteiger partial charge >= 0.3 is 5.97 Å². The van der Waals surface area contributed by atoms with Crippen LogP contribution in [0.4, 0.5) is 5.69 Å². The van der Waals surface area contributed by atoms with Crippen LogP contribution in [-0.4, -0.2) is 40.5 Å². The Morgan fingerprint density at radius 2 is 1.94 bits per heavy atom. The smallest absolute Gasteiger partial charge is 0.340 e. The average molecular weight is 457 g/mol. The first kappa shape index (κ1) is 23.1. The van der Waals surface area contributed by atoms with E-state index >= 15 is 0 Å². The van der Waals surface area contributed by atoms with E-state index in [9.17, 15) is 19.2 Å². The lowest BCUT2D eigenvalue weighted by Crippen LogP contribution is -2.32. The van der Waals surface area contributed by atoms with Gasteiger partial charge in [0.2, 0.25) is 5.91 Å². The minimum absolute atomic E-state index is 0.147. The largest absolute Gasteiger partial charge is 0.462 e. The van der Waals surface area contributed by atoms with Crippen molar-refractivity contribution < 1.29 is 19.1 Å². The number of aryl methyl sites for hydroxylation is 1. The van der Waals surface area contributed by atoms with Crippen molar-refractivity contribution in [3.63, 3.8) is 0 Å². The van der Waals surface area contributed by atoms with Crippen molar-refractivity contribution in [2.45, 2.75) is 33.7 Å². The molecule has 9 nitrogen and oxygen atoms in total. The molecule has 1 aromatic carbocycles. The molecule has 0 saturated carbocycles. The summed E-state index contributed by atoms with van der Waals surface area (Å²) in [4.78, 5) is 55.0. The molecule has 3 rings (SSSR count). The van der Waals surface area contributed by atoms with Gasteiger partial charge in [-0.3, -0.25) is 19.0 Å². The first-order chi connectivity index (χ1) is 15.4. The number of esters is 1. The van der Waals surface area contributed by atoms with E-state index in [1.54, 1.807) is 38.1 Å². The predicted octanol–water partition coefficient (Wildman–Crippen LogP) is 2.72. The highest BCUT2D eigenvalue weighted by molar-refractivity contribution is 7.20. The summed E-state index contributed by atoms with van der Waals surface area (Å²) in [5, 5.41) is 5.74. The molecule has 0 spiro atoms. The Balaban J connectivity index is 1.90. The third-order valence-electron chi connectivity index (χ3n) is 4.68. The van der Waals surface area contributed by atoms with Crippen molar-refractivity contribution in [3.8, 4) is 0 Å². The number of carbonyl (C=O) groups is 3. The summed E-state index contributed by atoms with van der Waals surface area (Å²) in [7, 11) is 0. The van der Waals surface area contributed by atoms with Crippen molar-refractivity contribution in [1.29, 1.82) is 0 Å². The number of anilines is 1. The van der Waals surface area contributed by atoms with Gasteiger partial charge in [0.25, 0.3) is 11.5 Å². The van der Waals surface area contributed by atoms with E-state index in [2.05, 4.69) is 15.6 Å². The number of fused-ring (bicyclic) bond motifs is 1. The number of nitrogens with one attached hydrogen (secondary N) is 2. The second kappa shape index (κ2) is 10.2. The molecule has 0 bridgehead atoms. The van der Waals surface area contributed by atoms with Gasteiger partial charge in [-0.1, -0.05) is 19.1 Å². The Kier molecular flexibility index (Phi) is 7.37. The molecule has 2 N–H and O–H groups in total. The SMILES string of the molecule is CCCNC(=O)Cn1cnc2sc(C(=O)Nc3ccccc3C(=O)OCC)c(C)c2c1=O. The lowest BCUT2D eigenvalue weighted by atomic mass is 10.1. The highest BCUT2D eigenvalue weighted by Gasteiger charge is 2.22. The van der Waals surface area contributed by atoms with Gasteiger partial charge in [-0.05, 0) is 38.0 Å². The number of nitrogens with zero attached hydrogens (tertiary/aromatic N) is 2. The molecule has 10 heteroatoms. The van der Waals surface area contributed by atoms with Crippen LogP contribution >= 0.6 is 11.3 Å². The van der Waals surface area contributed by atoms with Crippen LogP contribution in [0.2, 0.25) is 0 Å². The number of benzene rings is 1. The number of hydrogen-bond donors (Lipinski definition) is 2. The maximum absolute atomic E-state index is 13.0. The maximum atomic E-state index is 13.0. The van der Waals surface area contributed by atoms with Crippen molar-refractivity contribution in [3.05, 3.63) is 57.0 Å². The minimum atomic E-state index is -0.539. The Morgan fingerprint density at radius 3 is 2.66 bits per heavy atom. The quantitative estimate of drug-likeness (QED) is 0.503. The summed E-state index contributed by atoms with van der Waals surface area (Å²) in [6.45, 7) is 5.89. The van der Waals surface area contributed by atoms with Crippen LogP contribution in [0.3, 0.4) is 0 Å². The summed E-state index contributed by atoms with van der Waals surface area (Å²) in [6.07, 6.45) is 2.10. The van der Waals surface area contributed by atoms with Gasteiger partial charge in [0.05, 0.1) is 34.4 Å². The molecule has 3 aromatic rings. The molecule has 0 aliphatic carbocycles. The lowest BCUT2D eigenvalue weighted by molar-refractivity contribution is -0.121. The highest BCUT2D eigenvalue weighted by atomic mass is 32.1. The van der Waals surface area contributed by atoms with Crippen molar-refractivity contribution >= 4 is 45.0 Å². The molecule has 0 radical (unpaired) electrons. The summed E-state index contributed by atoms with van der Waals surface area (Å²) in [6, 6.07) is 6.54. The Bertz CT molecular complexity index is 1230. The molecule has 0 saturated heterocycles. The molecule has 32 heavy (non-hydrogen) atoms. The van der Waals surface area contributed by atoms with Gasteiger partial charge in [-0.25, -0.2) is 9.78 Å². The van der Waals surface area contributed by atoms with Crippen LogP contribution < -0.4 is 16.2 Å². The Hall–Kier alpha value is -3.53. The molecule has 0 fully saturated rings. The van der Waals surface area contributed by atoms with Gasteiger partial charge < -0.3 is 15.4 Å². The molecular weight excluding hydrogens is 432 g/mol. The second-order valence-corrected chi connectivity index (χ2v) is 7.98. The standard InChI is InChI=1S/C22H24N4O5S/c1-4-10-23-16(27)11-26-12-24-20-17(21(26)29)13(3)18(32-20)19(28)25-15-9-7-6-8-14(15)22(30)31-5-2/h6-9,12H,4-5,10-11H2,1-3H3,(H,23,27)(H,25,28). The number of ether oxygens (including phenoxy) is 1. The average Bonchev–Trinajstić information content (AvgIpc) is 3.12. The maximum Gasteiger partial charge on any atom is 0.340 e. The van der Waals surface area contributed by atoms with E-state index in [0.717, 1.165) is 17.8 Å². The van der Waals surface area contributed by atoms with Crippen LogP contribution in [0, 0.1) is 6.92 Å². The van der Waals surface area contributed by atoms with Crippen molar-refractivity contribution in [1.82, 2.24) is 14.9 Å². The molecule has 0 unspecified atom stereocenters. The second-order valence-electron chi connectivity index (χ2n) is 6.98. The fraction of sp³-hybridized carbons (Fsp3) is 0.318. The van der Waals surface area contributed by atoms with E-state index in [1.165, 1.54) is 10.9 Å². The molecular formula is C22H24N4O5S. The molecule has 2 amide bonds. The van der Waals surface area contributed by atoms with E-state index in [4.69, 9.17) is 4.74 Å². The van der Waals surface area contributed by atoms with Gasteiger partial charge in [0, 0.05) is 6.54 Å². The number of aromatic nitrogens is 2. The zero-order chi connectivity index (χ0) is 23.3. The van der Waals surface area contributed by atoms with Crippen molar-refractivity contribution in [2.75, 3.05) is 18.5 Å². The van der Waals surface area contributed by atoms with Crippen LogP contribution in [0.5, 0.6) is 0 Å². The molecule has 2 aromatic heterocycles. The summed E-state index contributed by atoms with van der Waals surface area (Å²) >= 11 is 1.08. The lowest BCUT2D eigenvalue weighted by Gasteiger charge is -2.10. The molecule has 0 aliphatic rings.